The maximum Gasteiger partial charge on any atom is 0.189 e. The first-order chi connectivity index (χ1) is 13.1. The van der Waals surface area contributed by atoms with Gasteiger partial charge in [-0.3, -0.25) is 0 Å². The van der Waals surface area contributed by atoms with Crippen LogP contribution < -0.4 is 25.3 Å². The smallest absolute Gasteiger partial charge is 0.189 e. The van der Waals surface area contributed by atoms with Crippen molar-refractivity contribution < 1.29 is 14.2 Å². The second-order valence-corrected chi connectivity index (χ2v) is 6.98. The van der Waals surface area contributed by atoms with Crippen LogP contribution in [0.3, 0.4) is 0 Å². The van der Waals surface area contributed by atoms with Crippen LogP contribution in [0.2, 0.25) is 0 Å². The molecular weight excluding hydrogens is 342 g/mol. The summed E-state index contributed by atoms with van der Waals surface area (Å²) >= 11 is 0. The normalized spacial score (nSPS) is 20.9. The van der Waals surface area contributed by atoms with Crippen molar-refractivity contribution in [3.63, 3.8) is 0 Å². The molecule has 3 N–H and O–H groups in total. The third kappa shape index (κ3) is 3.65. The van der Waals surface area contributed by atoms with Crippen LogP contribution in [0.25, 0.3) is 0 Å². The molecule has 0 spiro atoms. The van der Waals surface area contributed by atoms with Gasteiger partial charge in [0.05, 0.1) is 26.3 Å². The summed E-state index contributed by atoms with van der Waals surface area (Å²) in [5.41, 5.74) is 9.41. The van der Waals surface area contributed by atoms with Gasteiger partial charge in [-0.25, -0.2) is 4.99 Å². The monoisotopic (exact) mass is 367 g/mol. The number of hydrogen-bond donors (Lipinski definition) is 2. The van der Waals surface area contributed by atoms with Gasteiger partial charge < -0.3 is 25.3 Å². The van der Waals surface area contributed by atoms with E-state index in [-0.39, 0.29) is 12.1 Å². The van der Waals surface area contributed by atoms with Crippen LogP contribution in [-0.4, -0.2) is 25.8 Å². The fraction of sp³-hybridized carbons (Fsp3) is 0.381. The summed E-state index contributed by atoms with van der Waals surface area (Å²) in [6, 6.07) is 12.2. The minimum Gasteiger partial charge on any atom is -0.496 e. The van der Waals surface area contributed by atoms with Crippen LogP contribution in [0.4, 0.5) is 0 Å². The number of aliphatic imine (C=N–C) groups is 1. The zero-order chi connectivity index (χ0) is 18.8. The predicted molar refractivity (Wildman–Crippen MR) is 105 cm³/mol. The van der Waals surface area contributed by atoms with E-state index in [0.29, 0.717) is 19.1 Å². The van der Waals surface area contributed by atoms with E-state index in [0.717, 1.165) is 41.2 Å². The highest BCUT2D eigenvalue weighted by atomic mass is 16.5. The molecule has 0 radical (unpaired) electrons. The number of nitrogens with two attached hydrogens (primary N) is 1. The van der Waals surface area contributed by atoms with Crippen LogP contribution in [0.1, 0.15) is 36.1 Å². The van der Waals surface area contributed by atoms with Crippen molar-refractivity contribution in [3.05, 3.63) is 53.1 Å². The molecule has 0 aromatic heterocycles. The molecule has 2 aromatic rings. The van der Waals surface area contributed by atoms with E-state index in [2.05, 4.69) is 23.3 Å². The minimum atomic E-state index is 0.102. The molecule has 0 saturated heterocycles. The van der Waals surface area contributed by atoms with Crippen molar-refractivity contribution in [1.29, 1.82) is 0 Å². The third-order valence-corrected chi connectivity index (χ3v) is 5.00. The lowest BCUT2D eigenvalue weighted by molar-refractivity contribution is 0.254. The van der Waals surface area contributed by atoms with Gasteiger partial charge in [-0.05, 0) is 25.1 Å². The summed E-state index contributed by atoms with van der Waals surface area (Å²) in [4.78, 5) is 4.52. The Kier molecular flexibility index (Phi) is 4.79. The fourth-order valence-electron chi connectivity index (χ4n) is 3.68. The molecule has 27 heavy (non-hydrogen) atoms. The minimum absolute atomic E-state index is 0.102. The van der Waals surface area contributed by atoms with Crippen molar-refractivity contribution in [2.75, 3.05) is 13.7 Å². The Bertz CT molecular complexity index is 866. The van der Waals surface area contributed by atoms with Crippen LogP contribution in [-0.2, 0) is 13.0 Å². The van der Waals surface area contributed by atoms with Gasteiger partial charge in [0, 0.05) is 29.5 Å². The zero-order valence-electron chi connectivity index (χ0n) is 15.7. The Morgan fingerprint density at radius 2 is 2.15 bits per heavy atom. The van der Waals surface area contributed by atoms with E-state index in [1.807, 2.05) is 30.3 Å². The van der Waals surface area contributed by atoms with Gasteiger partial charge in [-0.15, -0.1) is 0 Å². The number of rotatable bonds is 4. The first kappa shape index (κ1) is 17.5. The summed E-state index contributed by atoms with van der Waals surface area (Å²) in [7, 11) is 1.68. The fourth-order valence-corrected chi connectivity index (χ4v) is 3.68. The third-order valence-electron chi connectivity index (χ3n) is 5.00. The lowest BCUT2D eigenvalue weighted by Crippen LogP contribution is -2.37. The van der Waals surface area contributed by atoms with E-state index < -0.39 is 0 Å². The van der Waals surface area contributed by atoms with Crippen molar-refractivity contribution >= 4 is 5.96 Å². The average molecular weight is 367 g/mol. The lowest BCUT2D eigenvalue weighted by atomic mass is 10.0. The van der Waals surface area contributed by atoms with E-state index in [4.69, 9.17) is 19.9 Å². The summed E-state index contributed by atoms with van der Waals surface area (Å²) in [5, 5.41) is 3.32. The number of guanidine groups is 1. The molecule has 6 heteroatoms. The SMILES string of the molecule is COc1cc2c(cc1CN=C(N)NC1CCOc3ccccc31)OC(C)C2. The van der Waals surface area contributed by atoms with Crippen molar-refractivity contribution in [3.8, 4) is 17.2 Å². The summed E-state index contributed by atoms with van der Waals surface area (Å²) in [6.45, 7) is 3.16. The number of fused-ring (bicyclic) bond motifs is 2. The number of para-hydroxylation sites is 1. The Labute approximate surface area is 159 Å². The first-order valence-corrected chi connectivity index (χ1v) is 9.28. The number of nitrogens with one attached hydrogen (secondary N) is 1. The van der Waals surface area contributed by atoms with E-state index in [9.17, 15) is 0 Å². The quantitative estimate of drug-likeness (QED) is 0.642. The molecule has 2 heterocycles. The number of ether oxygens (including phenoxy) is 3. The van der Waals surface area contributed by atoms with E-state index in [1.165, 1.54) is 5.56 Å². The molecule has 0 amide bonds. The Balaban J connectivity index is 1.48. The van der Waals surface area contributed by atoms with Gasteiger partial charge in [0.25, 0.3) is 0 Å². The van der Waals surface area contributed by atoms with E-state index in [1.54, 1.807) is 7.11 Å². The number of hydrogen-bond acceptors (Lipinski definition) is 4. The van der Waals surface area contributed by atoms with Gasteiger partial charge in [-0.2, -0.15) is 0 Å². The molecule has 6 nitrogen and oxygen atoms in total. The van der Waals surface area contributed by atoms with Crippen molar-refractivity contribution in [2.24, 2.45) is 10.7 Å². The lowest BCUT2D eigenvalue weighted by Gasteiger charge is -2.27. The highest BCUT2D eigenvalue weighted by Crippen LogP contribution is 2.35. The summed E-state index contributed by atoms with van der Waals surface area (Å²) in [5.74, 6) is 3.05. The van der Waals surface area contributed by atoms with Crippen molar-refractivity contribution in [1.82, 2.24) is 5.32 Å². The van der Waals surface area contributed by atoms with Gasteiger partial charge in [0.15, 0.2) is 5.96 Å². The standard InChI is InChI=1S/C21H25N3O3/c1-13-9-14-10-19(25-2)15(11-20(14)27-13)12-23-21(22)24-17-7-8-26-18-6-4-3-5-16(17)18/h3-6,10-11,13,17H,7-9,12H2,1-2H3,(H3,22,23,24). The molecule has 0 fully saturated rings. The molecule has 2 unspecified atom stereocenters. The Hall–Kier alpha value is -2.89. The zero-order valence-corrected chi connectivity index (χ0v) is 15.7. The Morgan fingerprint density at radius 1 is 1.30 bits per heavy atom. The van der Waals surface area contributed by atoms with Crippen LogP contribution >= 0.6 is 0 Å². The number of benzene rings is 2. The first-order valence-electron chi connectivity index (χ1n) is 9.28. The Morgan fingerprint density at radius 3 is 3.00 bits per heavy atom. The van der Waals surface area contributed by atoms with Gasteiger partial charge in [0.2, 0.25) is 0 Å². The molecule has 2 aliphatic rings. The maximum atomic E-state index is 6.16. The number of methoxy groups -OCH3 is 1. The molecule has 4 rings (SSSR count). The van der Waals surface area contributed by atoms with Crippen LogP contribution in [0.5, 0.6) is 17.2 Å². The highest BCUT2D eigenvalue weighted by Gasteiger charge is 2.23. The molecule has 2 aliphatic heterocycles. The molecule has 2 aromatic carbocycles. The largest absolute Gasteiger partial charge is 0.496 e. The molecule has 0 saturated carbocycles. The highest BCUT2D eigenvalue weighted by molar-refractivity contribution is 5.78. The summed E-state index contributed by atoms with van der Waals surface area (Å²) < 4.78 is 17.1. The molecule has 0 bridgehead atoms. The van der Waals surface area contributed by atoms with Crippen LogP contribution in [0, 0.1) is 0 Å². The number of nitrogens with zero attached hydrogens (tertiary/aromatic N) is 1. The summed E-state index contributed by atoms with van der Waals surface area (Å²) in [6.07, 6.45) is 1.95. The molecule has 0 aliphatic carbocycles. The second kappa shape index (κ2) is 7.39. The molecular formula is C21H25N3O3. The van der Waals surface area contributed by atoms with Crippen LogP contribution in [0.15, 0.2) is 41.4 Å². The molecule has 142 valence electrons. The molecule has 2 atom stereocenters. The topological polar surface area (TPSA) is 78.1 Å². The predicted octanol–water partition coefficient (Wildman–Crippen LogP) is 2.95. The van der Waals surface area contributed by atoms with Gasteiger partial charge in [0.1, 0.15) is 23.4 Å². The van der Waals surface area contributed by atoms with Gasteiger partial charge >= 0.3 is 0 Å². The maximum absolute atomic E-state index is 6.16. The second-order valence-electron chi connectivity index (χ2n) is 6.98. The average Bonchev–Trinajstić information content (AvgIpc) is 3.04. The van der Waals surface area contributed by atoms with Crippen molar-refractivity contribution in [2.45, 2.75) is 38.5 Å². The van der Waals surface area contributed by atoms with Gasteiger partial charge in [-0.1, -0.05) is 18.2 Å². The van der Waals surface area contributed by atoms with E-state index >= 15 is 0 Å².